The zero-order valence-corrected chi connectivity index (χ0v) is 17.6. The van der Waals surface area contributed by atoms with E-state index in [4.69, 9.17) is 0 Å². The monoisotopic (exact) mass is 443 g/mol. The van der Waals surface area contributed by atoms with Gasteiger partial charge in [-0.3, -0.25) is 4.79 Å². The second-order valence-corrected chi connectivity index (χ2v) is 8.25. The number of benzene rings is 2. The van der Waals surface area contributed by atoms with Crippen molar-refractivity contribution in [2.75, 3.05) is 5.32 Å². The first kappa shape index (κ1) is 19.6. The summed E-state index contributed by atoms with van der Waals surface area (Å²) in [5.74, 6) is -0.0960. The topological polar surface area (TPSA) is 64.7 Å². The predicted octanol–water partition coefficient (Wildman–Crippen LogP) is 4.91. The predicted molar refractivity (Wildman–Crippen MR) is 121 cm³/mol. The molecule has 0 unspecified atom stereocenters. The molecule has 0 radical (unpaired) electrons. The van der Waals surface area contributed by atoms with Gasteiger partial charge in [-0.05, 0) is 54.4 Å². The summed E-state index contributed by atoms with van der Waals surface area (Å²) in [5, 5.41) is 3.48. The zero-order valence-electron chi connectivity index (χ0n) is 17.6. The van der Waals surface area contributed by atoms with E-state index < -0.39 is 0 Å². The third-order valence-corrected chi connectivity index (χ3v) is 6.03. The third kappa shape index (κ3) is 3.44. The molecule has 1 amide bonds. The van der Waals surface area contributed by atoms with Crippen LogP contribution >= 0.6 is 0 Å². The molecular weight excluding hydrogens is 424 g/mol. The fraction of sp³-hybridized carbons (Fsp3) is 0.160. The Morgan fingerprint density at radius 1 is 1.06 bits per heavy atom. The Morgan fingerprint density at radius 3 is 2.82 bits per heavy atom. The Morgan fingerprint density at radius 2 is 1.94 bits per heavy atom. The van der Waals surface area contributed by atoms with E-state index in [-0.39, 0.29) is 24.1 Å². The van der Waals surface area contributed by atoms with Crippen LogP contribution in [0.3, 0.4) is 0 Å². The van der Waals surface area contributed by atoms with Crippen molar-refractivity contribution in [3.05, 3.63) is 89.5 Å². The minimum Gasteiger partial charge on any atom is -0.332 e. The van der Waals surface area contributed by atoms with Crippen LogP contribution in [-0.2, 0) is 19.5 Å². The van der Waals surface area contributed by atoms with Gasteiger partial charge in [0.25, 0.3) is 5.91 Å². The van der Waals surface area contributed by atoms with E-state index in [1.165, 1.54) is 24.3 Å². The van der Waals surface area contributed by atoms with E-state index in [1.54, 1.807) is 35.0 Å². The van der Waals surface area contributed by atoms with Crippen molar-refractivity contribution >= 4 is 33.7 Å². The molecule has 6 nitrogen and oxygen atoms in total. The Kier molecular flexibility index (Phi) is 4.46. The van der Waals surface area contributed by atoms with Crippen molar-refractivity contribution in [2.24, 2.45) is 0 Å². The quantitative estimate of drug-likeness (QED) is 0.429. The number of carbonyl (C=O) groups excluding carboxylic acids is 1. The van der Waals surface area contributed by atoms with Crippen LogP contribution in [-0.4, -0.2) is 25.0 Å². The number of nitrogens with zero attached hydrogens (tertiary/aromatic N) is 4. The number of fused-ring (bicyclic) bond motifs is 4. The Balaban J connectivity index is 1.37. The van der Waals surface area contributed by atoms with Crippen molar-refractivity contribution in [3.8, 4) is 0 Å². The summed E-state index contributed by atoms with van der Waals surface area (Å²) in [4.78, 5) is 22.4. The molecule has 0 spiro atoms. The van der Waals surface area contributed by atoms with Gasteiger partial charge in [0.1, 0.15) is 28.7 Å². The number of carbonyl (C=O) groups is 1. The molecule has 8 heteroatoms. The second kappa shape index (κ2) is 7.51. The lowest BCUT2D eigenvalue weighted by Crippen LogP contribution is -2.17. The molecule has 5 aromatic rings. The number of hydrogen-bond donors (Lipinski definition) is 1. The number of hydrogen-bond acceptors (Lipinski definition) is 3. The molecule has 0 fully saturated rings. The van der Waals surface area contributed by atoms with Gasteiger partial charge >= 0.3 is 0 Å². The molecule has 33 heavy (non-hydrogen) atoms. The van der Waals surface area contributed by atoms with Gasteiger partial charge in [-0.1, -0.05) is 12.1 Å². The Hall–Kier alpha value is -4.07. The van der Waals surface area contributed by atoms with Gasteiger partial charge < -0.3 is 14.5 Å². The summed E-state index contributed by atoms with van der Waals surface area (Å²) >= 11 is 0. The molecule has 0 saturated carbocycles. The van der Waals surface area contributed by atoms with Crippen molar-refractivity contribution in [1.82, 2.24) is 19.1 Å². The van der Waals surface area contributed by atoms with Crippen molar-refractivity contribution in [2.45, 2.75) is 25.9 Å². The highest BCUT2D eigenvalue weighted by atomic mass is 19.1. The number of halogens is 2. The highest BCUT2D eigenvalue weighted by Crippen LogP contribution is 2.26. The minimum absolute atomic E-state index is 0.265. The fourth-order valence-corrected chi connectivity index (χ4v) is 4.56. The molecule has 2 aromatic carbocycles. The average Bonchev–Trinajstić information content (AvgIpc) is 3.46. The number of aromatic nitrogens is 4. The van der Waals surface area contributed by atoms with Gasteiger partial charge in [-0.2, -0.15) is 0 Å². The minimum atomic E-state index is -0.389. The normalized spacial score (nSPS) is 13.0. The van der Waals surface area contributed by atoms with Crippen LogP contribution in [0.25, 0.3) is 22.1 Å². The molecule has 0 atom stereocenters. The van der Waals surface area contributed by atoms with Gasteiger partial charge in [0.05, 0.1) is 11.9 Å². The van der Waals surface area contributed by atoms with Gasteiger partial charge in [0.2, 0.25) is 0 Å². The van der Waals surface area contributed by atoms with Crippen LogP contribution in [0.5, 0.6) is 0 Å². The Labute approximate surface area is 187 Å². The number of imidazole rings is 1. The standard InChI is InChI=1S/C25H19F2N5O/c26-17-4-1-3-15(9-17)14-32-21-7-6-18(27)10-16(21)11-22(32)25(33)29-19-12-20-24(28-13-19)31-8-2-5-23(31)30-20/h1,3-4,6-7,9-13H,2,5,8,14H2,(H,29,33). The van der Waals surface area contributed by atoms with Crippen LogP contribution in [0.2, 0.25) is 0 Å². The first-order chi connectivity index (χ1) is 16.0. The smallest absolute Gasteiger partial charge is 0.272 e. The maximum absolute atomic E-state index is 13.8. The first-order valence-corrected chi connectivity index (χ1v) is 10.7. The van der Waals surface area contributed by atoms with Gasteiger partial charge in [-0.25, -0.2) is 18.7 Å². The number of pyridine rings is 1. The third-order valence-electron chi connectivity index (χ3n) is 6.03. The molecular formula is C25H19F2N5O. The lowest BCUT2D eigenvalue weighted by molar-refractivity contribution is 0.101. The summed E-state index contributed by atoms with van der Waals surface area (Å²) in [5.41, 5.74) is 3.80. The van der Waals surface area contributed by atoms with E-state index in [0.29, 0.717) is 27.8 Å². The lowest BCUT2D eigenvalue weighted by Gasteiger charge is -2.12. The molecule has 4 heterocycles. The molecule has 164 valence electrons. The van der Waals surface area contributed by atoms with Gasteiger partial charge in [0, 0.05) is 30.4 Å². The summed E-state index contributed by atoms with van der Waals surface area (Å²) in [7, 11) is 0. The van der Waals surface area contributed by atoms with Gasteiger partial charge in [-0.15, -0.1) is 0 Å². The summed E-state index contributed by atoms with van der Waals surface area (Å²) in [6.45, 7) is 1.17. The maximum atomic E-state index is 13.8. The largest absolute Gasteiger partial charge is 0.332 e. The number of nitrogens with one attached hydrogen (secondary N) is 1. The summed E-state index contributed by atoms with van der Waals surface area (Å²) in [6, 6.07) is 14.0. The Bertz CT molecular complexity index is 1550. The fourth-order valence-electron chi connectivity index (χ4n) is 4.56. The van der Waals surface area contributed by atoms with E-state index in [2.05, 4.69) is 19.9 Å². The van der Waals surface area contributed by atoms with Crippen LogP contribution < -0.4 is 5.32 Å². The molecule has 0 saturated heterocycles. The van der Waals surface area contributed by atoms with E-state index in [1.807, 2.05) is 6.07 Å². The van der Waals surface area contributed by atoms with Crippen molar-refractivity contribution < 1.29 is 13.6 Å². The van der Waals surface area contributed by atoms with Crippen LogP contribution in [0.1, 0.15) is 28.3 Å². The molecule has 0 aliphatic carbocycles. The maximum Gasteiger partial charge on any atom is 0.272 e. The highest BCUT2D eigenvalue weighted by molar-refractivity contribution is 6.06. The number of anilines is 1. The van der Waals surface area contributed by atoms with E-state index in [9.17, 15) is 13.6 Å². The molecule has 3 aromatic heterocycles. The van der Waals surface area contributed by atoms with Crippen molar-refractivity contribution in [3.63, 3.8) is 0 Å². The first-order valence-electron chi connectivity index (χ1n) is 10.7. The van der Waals surface area contributed by atoms with Crippen LogP contribution in [0.15, 0.2) is 60.8 Å². The average molecular weight is 443 g/mol. The lowest BCUT2D eigenvalue weighted by atomic mass is 10.2. The van der Waals surface area contributed by atoms with Crippen LogP contribution in [0.4, 0.5) is 14.5 Å². The van der Waals surface area contributed by atoms with Crippen molar-refractivity contribution in [1.29, 1.82) is 0 Å². The van der Waals surface area contributed by atoms with Gasteiger partial charge in [0.15, 0.2) is 5.65 Å². The molecule has 1 N–H and O–H groups in total. The highest BCUT2D eigenvalue weighted by Gasteiger charge is 2.20. The van der Waals surface area contributed by atoms with Crippen LogP contribution in [0, 0.1) is 11.6 Å². The number of amides is 1. The second-order valence-electron chi connectivity index (χ2n) is 8.25. The zero-order chi connectivity index (χ0) is 22.5. The van der Waals surface area contributed by atoms with E-state index in [0.717, 1.165) is 36.4 Å². The molecule has 0 bridgehead atoms. The number of rotatable bonds is 4. The molecule has 1 aliphatic heterocycles. The SMILES string of the molecule is O=C(Nc1cnc2c(c1)nc1n2CCC1)c1cc2cc(F)ccc2n1Cc1cccc(F)c1. The van der Waals surface area contributed by atoms with E-state index >= 15 is 0 Å². The molecule has 1 aliphatic rings. The summed E-state index contributed by atoms with van der Waals surface area (Å²) < 4.78 is 31.5. The number of aryl methyl sites for hydroxylation is 2. The summed E-state index contributed by atoms with van der Waals surface area (Å²) in [6.07, 6.45) is 3.61. The molecule has 6 rings (SSSR count).